The molecule has 4 heavy (non-hydrogen) atoms. The molecule has 0 amide bonds. The summed E-state index contributed by atoms with van der Waals surface area (Å²) in [5.41, 5.74) is 4.88. The molecule has 0 aliphatic rings. The van der Waals surface area contributed by atoms with Gasteiger partial charge in [-0.05, 0) is 0 Å². The Morgan fingerprint density at radius 1 is 1.75 bits per heavy atom. The summed E-state index contributed by atoms with van der Waals surface area (Å²) in [5.74, 6) is 0. The molecule has 0 aliphatic heterocycles. The fourth-order valence-electron chi connectivity index (χ4n) is 0. The van der Waals surface area contributed by atoms with E-state index >= 15 is 0 Å². The second kappa shape index (κ2) is 3.16. The molecule has 0 spiro atoms. The monoisotopic (exact) mass is 106 g/mol. The van der Waals surface area contributed by atoms with Crippen LogP contribution >= 0.6 is 0 Å². The molecule has 0 unspecified atom stereocenters. The summed E-state index contributed by atoms with van der Waals surface area (Å²) >= 11 is 1.16. The van der Waals surface area contributed by atoms with Crippen LogP contribution < -0.4 is 5.73 Å². The Morgan fingerprint density at radius 3 is 2.00 bits per heavy atom. The van der Waals surface area contributed by atoms with Crippen molar-refractivity contribution in [2.24, 2.45) is 5.73 Å². The van der Waals surface area contributed by atoms with Gasteiger partial charge in [0.1, 0.15) is 0 Å². The van der Waals surface area contributed by atoms with Gasteiger partial charge in [0.2, 0.25) is 0 Å². The molecule has 0 rings (SSSR count). The average molecular weight is 107 g/mol. The van der Waals surface area contributed by atoms with Crippen molar-refractivity contribution in [2.45, 2.75) is 0 Å². The van der Waals surface area contributed by atoms with Crippen LogP contribution in [0.2, 0.25) is 0 Å². The maximum absolute atomic E-state index is 4.88. The van der Waals surface area contributed by atoms with Crippen molar-refractivity contribution in [3.05, 3.63) is 10.9 Å². The van der Waals surface area contributed by atoms with Crippen molar-refractivity contribution in [1.82, 2.24) is 0 Å². The van der Waals surface area contributed by atoms with E-state index in [9.17, 15) is 0 Å². The van der Waals surface area contributed by atoms with Crippen molar-refractivity contribution in [3.63, 3.8) is 0 Å². The molecule has 0 heterocycles. The molecule has 19 valence electrons. The van der Waals surface area contributed by atoms with E-state index in [0.717, 1.165) is 18.3 Å². The van der Waals surface area contributed by atoms with Gasteiger partial charge >= 0.3 is 34.9 Å². The van der Waals surface area contributed by atoms with E-state index in [1.807, 2.05) is 4.67 Å². The maximum atomic E-state index is 4.88. The summed E-state index contributed by atoms with van der Waals surface area (Å²) in [7, 11) is 0. The van der Waals surface area contributed by atoms with Crippen molar-refractivity contribution >= 4 is 0 Å². The van der Waals surface area contributed by atoms with Gasteiger partial charge in [-0.15, -0.1) is 0 Å². The number of hydrogen-bond donors (Lipinski definition) is 1. The van der Waals surface area contributed by atoms with Crippen LogP contribution in [-0.4, -0.2) is 0 Å². The van der Waals surface area contributed by atoms with E-state index < -0.39 is 0 Å². The summed E-state index contributed by atoms with van der Waals surface area (Å²) in [6.07, 6.45) is 1.56. The minimum absolute atomic E-state index is 1.16. The number of hydrogen-bond acceptors (Lipinski definition) is 1. The van der Waals surface area contributed by atoms with Crippen LogP contribution in [0.3, 0.4) is 0 Å². The first kappa shape index (κ1) is 4.16. The first-order valence-corrected chi connectivity index (χ1v) is 2.79. The van der Waals surface area contributed by atoms with Gasteiger partial charge in [0.25, 0.3) is 0 Å². The van der Waals surface area contributed by atoms with Crippen LogP contribution in [-0.2, 0) is 18.3 Å². The molecule has 0 aliphatic carbocycles. The Balaban J connectivity index is 2.55. The van der Waals surface area contributed by atoms with Crippen LogP contribution in [0, 0.1) is 0 Å². The van der Waals surface area contributed by atoms with Crippen molar-refractivity contribution in [3.8, 4) is 0 Å². The zero-order valence-electron chi connectivity index (χ0n) is 2.44. The van der Waals surface area contributed by atoms with E-state index in [4.69, 9.17) is 5.73 Å². The topological polar surface area (TPSA) is 26.0 Å². The number of nitrogens with two attached hydrogens (primary N) is 1. The molecule has 0 aromatic heterocycles. The van der Waals surface area contributed by atoms with Crippen LogP contribution in [0.4, 0.5) is 0 Å². The normalized spacial score (nSPS) is 9.50. The summed E-state index contributed by atoms with van der Waals surface area (Å²) in [4.78, 5) is 0. The molecular weight excluding hydrogens is 103 g/mol. The second-order valence-corrected chi connectivity index (χ2v) is 1.42. The molecule has 2 heteroatoms. The quantitative estimate of drug-likeness (QED) is 0.432. The molecule has 0 saturated carbocycles. The van der Waals surface area contributed by atoms with Crippen molar-refractivity contribution in [2.75, 3.05) is 0 Å². The Labute approximate surface area is 35.6 Å². The molecule has 0 fully saturated rings. The van der Waals surface area contributed by atoms with Crippen molar-refractivity contribution < 1.29 is 18.3 Å². The Bertz CT molecular complexity index is 21.2. The van der Waals surface area contributed by atoms with Crippen LogP contribution in [0.5, 0.6) is 0 Å². The van der Waals surface area contributed by atoms with E-state index in [1.54, 1.807) is 6.20 Å². The number of rotatable bonds is 0. The summed E-state index contributed by atoms with van der Waals surface area (Å²) in [6, 6.07) is 0. The summed E-state index contributed by atoms with van der Waals surface area (Å²) in [6.45, 7) is 0. The summed E-state index contributed by atoms with van der Waals surface area (Å²) < 4.78 is 1.90. The van der Waals surface area contributed by atoms with Crippen LogP contribution in [0.1, 0.15) is 0 Å². The zero-order chi connectivity index (χ0) is 3.41. The third-order valence-corrected chi connectivity index (χ3v) is 0.707. The van der Waals surface area contributed by atoms with Gasteiger partial charge in [0, 0.05) is 0 Å². The molecule has 0 radical (unpaired) electrons. The van der Waals surface area contributed by atoms with Gasteiger partial charge in [-0.1, -0.05) is 0 Å². The van der Waals surface area contributed by atoms with Crippen LogP contribution in [0.15, 0.2) is 10.9 Å². The predicted molar refractivity (Wildman–Crippen MR) is 13.3 cm³/mol. The van der Waals surface area contributed by atoms with Gasteiger partial charge in [-0.25, -0.2) is 0 Å². The molecule has 0 saturated heterocycles. The predicted octanol–water partition coefficient (Wildman–Crippen LogP) is -0.0369. The van der Waals surface area contributed by atoms with E-state index in [-0.39, 0.29) is 0 Å². The Hall–Kier alpha value is 0.163. The fraction of sp³-hybridized carbons (Fsp3) is 0. The van der Waals surface area contributed by atoms with Gasteiger partial charge in [-0.2, -0.15) is 0 Å². The van der Waals surface area contributed by atoms with E-state index in [0.29, 0.717) is 0 Å². The minimum atomic E-state index is 1.16. The Kier molecular flexibility index (Phi) is 3.29. The average Bonchev–Trinajstić information content (AvgIpc) is 1.37. The first-order chi connectivity index (χ1) is 1.91. The van der Waals surface area contributed by atoms with Gasteiger partial charge in [-0.3, -0.25) is 0 Å². The SMILES string of the molecule is NC=[CH][Zn]. The zero-order valence-corrected chi connectivity index (χ0v) is 5.41. The standard InChI is InChI=1S/C2H4N.Zn/c1-2-3;/h1-2H,3H2;. The van der Waals surface area contributed by atoms with Gasteiger partial charge in [0.15, 0.2) is 0 Å². The second-order valence-electron chi connectivity index (χ2n) is 0.428. The van der Waals surface area contributed by atoms with E-state index in [2.05, 4.69) is 0 Å². The first-order valence-electron chi connectivity index (χ1n) is 1.07. The molecule has 0 aromatic carbocycles. The third kappa shape index (κ3) is 2.16. The third-order valence-electron chi connectivity index (χ3n) is 0.136. The Morgan fingerprint density at radius 2 is 2.00 bits per heavy atom. The molecule has 0 bridgehead atoms. The van der Waals surface area contributed by atoms with E-state index in [1.165, 1.54) is 0 Å². The molecule has 0 aromatic rings. The van der Waals surface area contributed by atoms with Gasteiger partial charge < -0.3 is 0 Å². The molecule has 0 atom stereocenters. The molecule has 1 nitrogen and oxygen atoms in total. The van der Waals surface area contributed by atoms with Crippen LogP contribution in [0.25, 0.3) is 0 Å². The fourth-order valence-corrected chi connectivity index (χ4v) is 0. The summed E-state index contributed by atoms with van der Waals surface area (Å²) in [5, 5.41) is 0. The molecular formula is C2H4NZn. The molecule has 2 N–H and O–H groups in total. The van der Waals surface area contributed by atoms with Crippen molar-refractivity contribution in [1.29, 1.82) is 0 Å². The van der Waals surface area contributed by atoms with Gasteiger partial charge in [0.05, 0.1) is 0 Å².